The second-order valence-corrected chi connectivity index (χ2v) is 11.1. The molecule has 1 amide bonds. The van der Waals surface area contributed by atoms with E-state index in [2.05, 4.69) is 39.0 Å². The lowest BCUT2D eigenvalue weighted by Gasteiger charge is -2.41. The molecule has 0 aliphatic carbocycles. The molecule has 2 aromatic carbocycles. The van der Waals surface area contributed by atoms with Gasteiger partial charge in [0.25, 0.3) is 0 Å². The van der Waals surface area contributed by atoms with Crippen LogP contribution in [0, 0.1) is 0 Å². The van der Waals surface area contributed by atoms with E-state index in [4.69, 9.17) is 21.1 Å². The first kappa shape index (κ1) is 24.6. The maximum atomic E-state index is 13.0. The molecular weight excluding hydrogens is 422 g/mol. The molecule has 1 aliphatic heterocycles. The first-order valence-electron chi connectivity index (χ1n) is 11.4. The fraction of sp³-hybridized carbons (Fsp3) is 0.519. The quantitative estimate of drug-likeness (QED) is 0.483. The van der Waals surface area contributed by atoms with Crippen molar-refractivity contribution in [3.63, 3.8) is 0 Å². The minimum atomic E-state index is -0.545. The maximum Gasteiger partial charge on any atom is 0.410 e. The standard InChI is InChI=1S/C27H36ClNO3/c1-26(2,3)21-15-19(16-22(28)17-21)18-31-23-13-10-14-29(25(30)32-27(4,5)6)24(23)20-11-8-7-9-12-20/h7-9,11-12,15-17,23-24H,10,13-14,18H2,1-6H3/t23-,24-/m0/s1. The zero-order valence-electron chi connectivity index (χ0n) is 20.2. The van der Waals surface area contributed by atoms with E-state index in [1.807, 2.05) is 56.0 Å². The monoisotopic (exact) mass is 457 g/mol. The molecule has 4 nitrogen and oxygen atoms in total. The lowest BCUT2D eigenvalue weighted by molar-refractivity contribution is -0.0600. The van der Waals surface area contributed by atoms with E-state index in [0.717, 1.165) is 29.0 Å². The molecule has 32 heavy (non-hydrogen) atoms. The van der Waals surface area contributed by atoms with Crippen molar-refractivity contribution in [2.24, 2.45) is 0 Å². The molecule has 0 aromatic heterocycles. The van der Waals surface area contributed by atoms with Crippen LogP contribution in [-0.2, 0) is 21.5 Å². The van der Waals surface area contributed by atoms with Crippen molar-refractivity contribution in [1.29, 1.82) is 0 Å². The van der Waals surface area contributed by atoms with E-state index in [1.165, 1.54) is 5.56 Å². The Morgan fingerprint density at radius 1 is 1.06 bits per heavy atom. The highest BCUT2D eigenvalue weighted by atomic mass is 35.5. The Morgan fingerprint density at radius 3 is 2.38 bits per heavy atom. The molecule has 1 heterocycles. The number of piperidine rings is 1. The summed E-state index contributed by atoms with van der Waals surface area (Å²) in [4.78, 5) is 14.9. The van der Waals surface area contributed by atoms with E-state index in [1.54, 1.807) is 0 Å². The van der Waals surface area contributed by atoms with Crippen LogP contribution in [0.4, 0.5) is 4.79 Å². The first-order valence-corrected chi connectivity index (χ1v) is 11.8. The van der Waals surface area contributed by atoms with Gasteiger partial charge in [-0.3, -0.25) is 4.90 Å². The predicted molar refractivity (Wildman–Crippen MR) is 130 cm³/mol. The van der Waals surface area contributed by atoms with Gasteiger partial charge in [-0.05, 0) is 67.9 Å². The van der Waals surface area contributed by atoms with Crippen LogP contribution in [0.1, 0.15) is 77.1 Å². The number of rotatable bonds is 4. The van der Waals surface area contributed by atoms with E-state index in [0.29, 0.717) is 13.2 Å². The molecule has 0 unspecified atom stereocenters. The lowest BCUT2D eigenvalue weighted by atomic mass is 9.86. The van der Waals surface area contributed by atoms with Crippen LogP contribution >= 0.6 is 11.6 Å². The molecule has 1 aliphatic rings. The number of benzene rings is 2. The van der Waals surface area contributed by atoms with Crippen molar-refractivity contribution < 1.29 is 14.3 Å². The fourth-order valence-electron chi connectivity index (χ4n) is 4.08. The summed E-state index contributed by atoms with van der Waals surface area (Å²) in [5.74, 6) is 0. The van der Waals surface area contributed by atoms with Crippen LogP contribution in [-0.4, -0.2) is 29.2 Å². The van der Waals surface area contributed by atoms with E-state index >= 15 is 0 Å². The molecule has 174 valence electrons. The van der Waals surface area contributed by atoms with Crippen LogP contribution in [0.5, 0.6) is 0 Å². The summed E-state index contributed by atoms with van der Waals surface area (Å²) < 4.78 is 12.2. The SMILES string of the molecule is CC(C)(C)OC(=O)N1CCC[C@H](OCc2cc(Cl)cc(C(C)(C)C)c2)[C@@H]1c1ccccc1. The van der Waals surface area contributed by atoms with Crippen molar-refractivity contribution in [3.8, 4) is 0 Å². The van der Waals surface area contributed by atoms with Crippen LogP contribution in [0.2, 0.25) is 5.02 Å². The molecule has 0 saturated carbocycles. The summed E-state index contributed by atoms with van der Waals surface area (Å²) in [6, 6.07) is 16.0. The smallest absolute Gasteiger partial charge is 0.410 e. The number of likely N-dealkylation sites (tertiary alicyclic amines) is 1. The minimum absolute atomic E-state index is 0.00454. The van der Waals surface area contributed by atoms with Gasteiger partial charge >= 0.3 is 6.09 Å². The van der Waals surface area contributed by atoms with Gasteiger partial charge in [0.1, 0.15) is 5.60 Å². The molecule has 0 N–H and O–H groups in total. The second kappa shape index (κ2) is 9.84. The topological polar surface area (TPSA) is 38.8 Å². The van der Waals surface area contributed by atoms with E-state index < -0.39 is 5.60 Å². The molecule has 0 radical (unpaired) electrons. The third-order valence-corrected chi connectivity index (χ3v) is 5.85. The first-order chi connectivity index (χ1) is 14.9. The summed E-state index contributed by atoms with van der Waals surface area (Å²) in [7, 11) is 0. The van der Waals surface area contributed by atoms with Crippen LogP contribution < -0.4 is 0 Å². The van der Waals surface area contributed by atoms with Crippen molar-refractivity contribution >= 4 is 17.7 Å². The molecule has 1 saturated heterocycles. The van der Waals surface area contributed by atoms with Crippen molar-refractivity contribution in [2.75, 3.05) is 6.54 Å². The van der Waals surface area contributed by atoms with Gasteiger partial charge in [-0.15, -0.1) is 0 Å². The Hall–Kier alpha value is -2.04. The number of amides is 1. The Morgan fingerprint density at radius 2 is 1.75 bits per heavy atom. The highest BCUT2D eigenvalue weighted by Gasteiger charge is 2.38. The average molecular weight is 458 g/mol. The van der Waals surface area contributed by atoms with Crippen molar-refractivity contribution in [3.05, 3.63) is 70.2 Å². The number of nitrogens with zero attached hydrogens (tertiary/aromatic N) is 1. The van der Waals surface area contributed by atoms with Gasteiger partial charge in [-0.1, -0.05) is 68.8 Å². The third-order valence-electron chi connectivity index (χ3n) is 5.63. The summed E-state index contributed by atoms with van der Waals surface area (Å²) in [5.41, 5.74) is 2.75. The normalized spacial score (nSPS) is 19.7. The van der Waals surface area contributed by atoms with Gasteiger partial charge in [-0.2, -0.15) is 0 Å². The van der Waals surface area contributed by atoms with Crippen molar-refractivity contribution in [2.45, 2.75) is 84.2 Å². The highest BCUT2D eigenvalue weighted by molar-refractivity contribution is 6.30. The Kier molecular flexibility index (Phi) is 7.57. The van der Waals surface area contributed by atoms with Gasteiger partial charge in [-0.25, -0.2) is 4.79 Å². The summed E-state index contributed by atoms with van der Waals surface area (Å²) >= 11 is 6.40. The molecule has 5 heteroatoms. The van der Waals surface area contributed by atoms with Gasteiger partial charge in [0.15, 0.2) is 0 Å². The predicted octanol–water partition coefficient (Wildman–Crippen LogP) is 7.29. The largest absolute Gasteiger partial charge is 0.444 e. The maximum absolute atomic E-state index is 13.0. The fourth-order valence-corrected chi connectivity index (χ4v) is 4.33. The van der Waals surface area contributed by atoms with Gasteiger partial charge < -0.3 is 9.47 Å². The molecule has 0 spiro atoms. The molecular formula is C27H36ClNO3. The number of halogens is 1. The number of carbonyl (C=O) groups excluding carboxylic acids is 1. The number of hydrogen-bond acceptors (Lipinski definition) is 3. The summed E-state index contributed by atoms with van der Waals surface area (Å²) in [6.45, 7) is 13.3. The molecule has 1 fully saturated rings. The van der Waals surface area contributed by atoms with Gasteiger partial charge in [0.05, 0.1) is 18.8 Å². The zero-order valence-corrected chi connectivity index (χ0v) is 20.9. The van der Waals surface area contributed by atoms with Gasteiger partial charge in [0.2, 0.25) is 0 Å². The van der Waals surface area contributed by atoms with E-state index in [-0.39, 0.29) is 23.7 Å². The van der Waals surface area contributed by atoms with Crippen LogP contribution in [0.25, 0.3) is 0 Å². The number of ether oxygens (including phenoxy) is 2. The third kappa shape index (κ3) is 6.49. The Bertz CT molecular complexity index is 915. The second-order valence-electron chi connectivity index (χ2n) is 10.6. The molecule has 0 bridgehead atoms. The minimum Gasteiger partial charge on any atom is -0.444 e. The average Bonchev–Trinajstić information content (AvgIpc) is 2.70. The Balaban J connectivity index is 1.84. The highest BCUT2D eigenvalue weighted by Crippen LogP contribution is 2.35. The van der Waals surface area contributed by atoms with E-state index in [9.17, 15) is 4.79 Å². The summed E-state index contributed by atoms with van der Waals surface area (Å²) in [5, 5.41) is 0.717. The molecule has 2 aromatic rings. The lowest BCUT2D eigenvalue weighted by Crippen LogP contribution is -2.47. The summed E-state index contributed by atoms with van der Waals surface area (Å²) in [6.07, 6.45) is 1.33. The number of hydrogen-bond donors (Lipinski definition) is 0. The van der Waals surface area contributed by atoms with Crippen LogP contribution in [0.15, 0.2) is 48.5 Å². The Labute approximate surface area is 197 Å². The zero-order chi connectivity index (χ0) is 23.5. The molecule has 2 atom stereocenters. The van der Waals surface area contributed by atoms with Crippen molar-refractivity contribution in [1.82, 2.24) is 4.90 Å². The van der Waals surface area contributed by atoms with Gasteiger partial charge in [0, 0.05) is 11.6 Å². The number of carbonyl (C=O) groups is 1. The molecule has 3 rings (SSSR count). The van der Waals surface area contributed by atoms with Crippen LogP contribution in [0.3, 0.4) is 0 Å².